The second-order valence-corrected chi connectivity index (χ2v) is 7.46. The highest BCUT2D eigenvalue weighted by Gasteiger charge is 2.38. The minimum absolute atomic E-state index is 0.0328. The Labute approximate surface area is 125 Å². The molecule has 0 atom stereocenters. The summed E-state index contributed by atoms with van der Waals surface area (Å²) in [5, 5.41) is 0. The van der Waals surface area contributed by atoms with Crippen LogP contribution in [0.1, 0.15) is 52.9 Å². The highest BCUT2D eigenvalue weighted by atomic mass is 35.5. The largest absolute Gasteiger partial charge is 0.411 e. The standard InChI is InChI=1S/C15H26ClF3O/c1-13(2,3)12-4-6-14(10-16,7-5-12)8-9-20-11-15(17,18)19/h12H,4-11H2,1-3H3. The molecule has 0 aromatic rings. The van der Waals surface area contributed by atoms with Crippen molar-refractivity contribution in [1.82, 2.24) is 0 Å². The Kier molecular flexibility index (Phi) is 6.21. The van der Waals surface area contributed by atoms with Crippen molar-refractivity contribution in [2.24, 2.45) is 16.7 Å². The average Bonchev–Trinajstić information content (AvgIpc) is 2.33. The van der Waals surface area contributed by atoms with E-state index in [0.29, 0.717) is 23.6 Å². The monoisotopic (exact) mass is 314 g/mol. The summed E-state index contributed by atoms with van der Waals surface area (Å²) < 4.78 is 40.8. The molecule has 20 heavy (non-hydrogen) atoms. The van der Waals surface area contributed by atoms with E-state index < -0.39 is 12.8 Å². The predicted molar refractivity (Wildman–Crippen MR) is 76.1 cm³/mol. The number of hydrogen-bond acceptors (Lipinski definition) is 1. The number of rotatable bonds is 5. The van der Waals surface area contributed by atoms with Gasteiger partial charge in [0.05, 0.1) is 0 Å². The molecule has 0 bridgehead atoms. The summed E-state index contributed by atoms with van der Waals surface area (Å²) in [6.45, 7) is 5.73. The van der Waals surface area contributed by atoms with Crippen molar-refractivity contribution in [3.63, 3.8) is 0 Å². The van der Waals surface area contributed by atoms with E-state index in [-0.39, 0.29) is 12.0 Å². The molecule has 1 aliphatic rings. The number of ether oxygens (including phenoxy) is 1. The Hall–Kier alpha value is 0.0400. The van der Waals surface area contributed by atoms with Crippen LogP contribution in [0, 0.1) is 16.7 Å². The van der Waals surface area contributed by atoms with Crippen molar-refractivity contribution in [2.75, 3.05) is 19.1 Å². The molecular formula is C15H26ClF3O. The van der Waals surface area contributed by atoms with Gasteiger partial charge >= 0.3 is 6.18 Å². The van der Waals surface area contributed by atoms with Crippen LogP contribution < -0.4 is 0 Å². The zero-order chi connectivity index (χ0) is 15.4. The Morgan fingerprint density at radius 2 is 1.70 bits per heavy atom. The van der Waals surface area contributed by atoms with Gasteiger partial charge < -0.3 is 4.74 Å². The average molecular weight is 315 g/mol. The molecule has 1 nitrogen and oxygen atoms in total. The Balaban J connectivity index is 2.39. The molecule has 120 valence electrons. The van der Waals surface area contributed by atoms with Gasteiger partial charge in [0.2, 0.25) is 0 Å². The molecule has 1 rings (SSSR count). The van der Waals surface area contributed by atoms with Crippen LogP contribution in [0.5, 0.6) is 0 Å². The van der Waals surface area contributed by atoms with E-state index in [9.17, 15) is 13.2 Å². The van der Waals surface area contributed by atoms with Gasteiger partial charge in [0, 0.05) is 12.5 Å². The minimum Gasteiger partial charge on any atom is -0.372 e. The summed E-state index contributed by atoms with van der Waals surface area (Å²) >= 11 is 6.09. The maximum Gasteiger partial charge on any atom is 0.411 e. The van der Waals surface area contributed by atoms with Crippen molar-refractivity contribution in [1.29, 1.82) is 0 Å². The lowest BCUT2D eigenvalue weighted by Crippen LogP contribution is -2.35. The lowest BCUT2D eigenvalue weighted by Gasteiger charge is -2.43. The highest BCUT2D eigenvalue weighted by Crippen LogP contribution is 2.47. The van der Waals surface area contributed by atoms with E-state index >= 15 is 0 Å². The SMILES string of the molecule is CC(C)(C)C1CCC(CCl)(CCOCC(F)(F)F)CC1. The van der Waals surface area contributed by atoms with E-state index in [1.54, 1.807) is 0 Å². The molecule has 0 amide bonds. The number of alkyl halides is 4. The van der Waals surface area contributed by atoms with Gasteiger partial charge in [-0.05, 0) is 48.9 Å². The van der Waals surface area contributed by atoms with E-state index in [2.05, 4.69) is 20.8 Å². The molecule has 0 spiro atoms. The maximum absolute atomic E-state index is 12.0. The van der Waals surface area contributed by atoms with Gasteiger partial charge in [-0.25, -0.2) is 0 Å². The van der Waals surface area contributed by atoms with Gasteiger partial charge in [0.1, 0.15) is 6.61 Å². The molecule has 0 N–H and O–H groups in total. The Morgan fingerprint density at radius 1 is 1.15 bits per heavy atom. The van der Waals surface area contributed by atoms with Crippen LogP contribution in [0.2, 0.25) is 0 Å². The summed E-state index contributed by atoms with van der Waals surface area (Å²) in [4.78, 5) is 0. The molecule has 0 aromatic carbocycles. The maximum atomic E-state index is 12.0. The third-order valence-corrected chi connectivity index (χ3v) is 5.16. The van der Waals surface area contributed by atoms with Crippen molar-refractivity contribution in [3.05, 3.63) is 0 Å². The van der Waals surface area contributed by atoms with Crippen molar-refractivity contribution >= 4 is 11.6 Å². The van der Waals surface area contributed by atoms with Gasteiger partial charge in [0.15, 0.2) is 0 Å². The van der Waals surface area contributed by atoms with E-state index in [1.165, 1.54) is 0 Å². The van der Waals surface area contributed by atoms with E-state index in [1.807, 2.05) is 0 Å². The third kappa shape index (κ3) is 5.80. The van der Waals surface area contributed by atoms with Crippen LogP contribution >= 0.6 is 11.6 Å². The van der Waals surface area contributed by atoms with E-state index in [4.69, 9.17) is 16.3 Å². The molecule has 1 saturated carbocycles. The van der Waals surface area contributed by atoms with Crippen LogP contribution in [-0.4, -0.2) is 25.3 Å². The molecule has 0 aliphatic heterocycles. The fourth-order valence-corrected chi connectivity index (χ4v) is 3.42. The summed E-state index contributed by atoms with van der Waals surface area (Å²) in [6.07, 6.45) is 0.591. The van der Waals surface area contributed by atoms with Crippen molar-refractivity contribution in [3.8, 4) is 0 Å². The molecule has 5 heteroatoms. The first-order chi connectivity index (χ1) is 9.08. The van der Waals surface area contributed by atoms with Crippen LogP contribution in [0.15, 0.2) is 0 Å². The molecule has 1 fully saturated rings. The lowest BCUT2D eigenvalue weighted by molar-refractivity contribution is -0.175. The normalized spacial score (nSPS) is 28.6. The molecule has 0 aromatic heterocycles. The van der Waals surface area contributed by atoms with Crippen molar-refractivity contribution < 1.29 is 17.9 Å². The van der Waals surface area contributed by atoms with Gasteiger partial charge in [-0.2, -0.15) is 13.2 Å². The first-order valence-electron chi connectivity index (χ1n) is 7.28. The molecular weight excluding hydrogens is 289 g/mol. The summed E-state index contributed by atoms with van der Waals surface area (Å²) in [6, 6.07) is 0. The number of hydrogen-bond donors (Lipinski definition) is 0. The van der Waals surface area contributed by atoms with Crippen LogP contribution in [-0.2, 0) is 4.74 Å². The van der Waals surface area contributed by atoms with E-state index in [0.717, 1.165) is 25.7 Å². The Morgan fingerprint density at radius 3 is 2.10 bits per heavy atom. The van der Waals surface area contributed by atoms with Crippen LogP contribution in [0.3, 0.4) is 0 Å². The van der Waals surface area contributed by atoms with Crippen LogP contribution in [0.4, 0.5) is 13.2 Å². The minimum atomic E-state index is -4.24. The van der Waals surface area contributed by atoms with Crippen molar-refractivity contribution in [2.45, 2.75) is 59.1 Å². The zero-order valence-electron chi connectivity index (χ0n) is 12.7. The second-order valence-electron chi connectivity index (χ2n) is 7.19. The molecule has 1 aliphatic carbocycles. The Bertz CT molecular complexity index is 288. The molecule has 0 saturated heterocycles. The number of halogens is 4. The van der Waals surface area contributed by atoms with Gasteiger partial charge in [-0.15, -0.1) is 11.6 Å². The third-order valence-electron chi connectivity index (χ3n) is 4.60. The topological polar surface area (TPSA) is 9.23 Å². The fraction of sp³-hybridized carbons (Fsp3) is 1.00. The van der Waals surface area contributed by atoms with Gasteiger partial charge in [0.25, 0.3) is 0 Å². The molecule has 0 heterocycles. The fourth-order valence-electron chi connectivity index (χ4n) is 3.02. The summed E-state index contributed by atoms with van der Waals surface area (Å²) in [5.74, 6) is 1.19. The van der Waals surface area contributed by atoms with Gasteiger partial charge in [-0.3, -0.25) is 0 Å². The smallest absolute Gasteiger partial charge is 0.372 e. The summed E-state index contributed by atoms with van der Waals surface area (Å²) in [7, 11) is 0. The highest BCUT2D eigenvalue weighted by molar-refractivity contribution is 6.18. The van der Waals surface area contributed by atoms with Gasteiger partial charge in [-0.1, -0.05) is 20.8 Å². The first kappa shape index (κ1) is 18.1. The molecule has 0 unspecified atom stereocenters. The van der Waals surface area contributed by atoms with Crippen LogP contribution in [0.25, 0.3) is 0 Å². The molecule has 0 radical (unpaired) electrons. The zero-order valence-corrected chi connectivity index (χ0v) is 13.4. The first-order valence-corrected chi connectivity index (χ1v) is 7.82. The lowest BCUT2D eigenvalue weighted by atomic mass is 9.64. The quantitative estimate of drug-likeness (QED) is 0.486. The second kappa shape index (κ2) is 6.87. The summed E-state index contributed by atoms with van der Waals surface area (Å²) in [5.41, 5.74) is 0.264. The predicted octanol–water partition coefficient (Wildman–Crippen LogP) is 5.42.